The number of ketones is 1. The molecule has 54 heavy (non-hydrogen) atoms. The minimum atomic E-state index is -1.10. The summed E-state index contributed by atoms with van der Waals surface area (Å²) in [6, 6.07) is 13.7. The third-order valence-electron chi connectivity index (χ3n) is 8.61. The van der Waals surface area contributed by atoms with E-state index in [4.69, 9.17) is 5.73 Å². The van der Waals surface area contributed by atoms with Crippen molar-refractivity contribution in [3.8, 4) is 11.1 Å². The Balaban J connectivity index is 0.00000147. The highest BCUT2D eigenvalue weighted by Crippen LogP contribution is 2.31. The number of amides is 5. The zero-order valence-corrected chi connectivity index (χ0v) is 33.5. The summed E-state index contributed by atoms with van der Waals surface area (Å²) in [5.41, 5.74) is 8.82. The third kappa shape index (κ3) is 18.4. The molecule has 2 atom stereocenters. The second kappa shape index (κ2) is 27.9. The smallest absolute Gasteiger partial charge is 0.251 e. The van der Waals surface area contributed by atoms with Gasteiger partial charge in [0.2, 0.25) is 23.6 Å². The molecule has 0 aromatic heterocycles. The van der Waals surface area contributed by atoms with Gasteiger partial charge in [0.25, 0.3) is 5.91 Å². The van der Waals surface area contributed by atoms with Gasteiger partial charge in [0, 0.05) is 24.4 Å². The second-order valence-electron chi connectivity index (χ2n) is 12.9. The molecule has 1 aliphatic carbocycles. The Labute approximate surface area is 323 Å². The number of carbonyl (C=O) groups excluding carboxylic acids is 6. The van der Waals surface area contributed by atoms with Gasteiger partial charge in [-0.2, -0.15) is 0 Å². The molecule has 0 spiro atoms. The first kappa shape index (κ1) is 47.4. The van der Waals surface area contributed by atoms with E-state index < -0.39 is 35.7 Å². The summed E-state index contributed by atoms with van der Waals surface area (Å²) < 4.78 is 0. The molecular formula is C42H66N6O6. The maximum absolute atomic E-state index is 12.9. The number of nitrogens with one attached hydrogen (secondary N) is 5. The maximum Gasteiger partial charge on any atom is 0.251 e. The molecule has 5 amide bonds. The van der Waals surface area contributed by atoms with E-state index in [-0.39, 0.29) is 43.5 Å². The summed E-state index contributed by atoms with van der Waals surface area (Å²) in [5.74, 6) is -2.58. The topological polar surface area (TPSA) is 189 Å². The van der Waals surface area contributed by atoms with Crippen LogP contribution in [0.4, 0.5) is 0 Å². The first-order valence-electron chi connectivity index (χ1n) is 20.0. The summed E-state index contributed by atoms with van der Waals surface area (Å²) in [4.78, 5) is 75.8. The van der Waals surface area contributed by atoms with Crippen molar-refractivity contribution in [3.63, 3.8) is 0 Å². The maximum atomic E-state index is 12.9. The monoisotopic (exact) mass is 751 g/mol. The van der Waals surface area contributed by atoms with Crippen LogP contribution >= 0.6 is 0 Å². The number of aryl methyl sites for hydroxylation is 1. The Morgan fingerprint density at radius 3 is 1.94 bits per heavy atom. The quantitative estimate of drug-likeness (QED) is 0.177. The first-order chi connectivity index (χ1) is 26.1. The van der Waals surface area contributed by atoms with Crippen LogP contribution in [0.2, 0.25) is 0 Å². The van der Waals surface area contributed by atoms with Crippen LogP contribution in [0.15, 0.2) is 48.5 Å². The van der Waals surface area contributed by atoms with Crippen LogP contribution in [-0.4, -0.2) is 73.6 Å². The van der Waals surface area contributed by atoms with Crippen molar-refractivity contribution in [2.75, 3.05) is 26.2 Å². The van der Waals surface area contributed by atoms with Crippen molar-refractivity contribution in [1.29, 1.82) is 0 Å². The van der Waals surface area contributed by atoms with E-state index in [1.165, 1.54) is 18.4 Å². The first-order valence-corrected chi connectivity index (χ1v) is 20.0. The van der Waals surface area contributed by atoms with Crippen molar-refractivity contribution >= 4 is 35.3 Å². The average Bonchev–Trinajstić information content (AvgIpc) is 4.06. The number of carbonyl (C=O) groups is 6. The van der Waals surface area contributed by atoms with Crippen molar-refractivity contribution < 1.29 is 28.8 Å². The molecule has 1 aliphatic heterocycles. The number of benzene rings is 2. The van der Waals surface area contributed by atoms with E-state index in [0.29, 0.717) is 24.9 Å². The molecule has 12 heteroatoms. The zero-order valence-electron chi connectivity index (χ0n) is 33.5. The molecule has 12 nitrogen and oxygen atoms in total. The SMILES string of the molecule is CC.CC.CCCCN.CCCCc1ccc(-c2ccc(C(=O)NCC(=O)NC3CCC(=O)NCCCC(C(=O)C4CC4)NC(=O)CNC3=O)cc2)cc1. The van der Waals surface area contributed by atoms with Gasteiger partial charge in [0.05, 0.1) is 19.1 Å². The van der Waals surface area contributed by atoms with E-state index >= 15 is 0 Å². The van der Waals surface area contributed by atoms with E-state index in [1.807, 2.05) is 39.8 Å². The van der Waals surface area contributed by atoms with Gasteiger partial charge in [0.1, 0.15) is 6.04 Å². The van der Waals surface area contributed by atoms with Crippen LogP contribution in [0.5, 0.6) is 0 Å². The molecule has 2 unspecified atom stereocenters. The second-order valence-corrected chi connectivity index (χ2v) is 12.9. The number of rotatable bonds is 12. The van der Waals surface area contributed by atoms with Gasteiger partial charge in [-0.15, -0.1) is 0 Å². The predicted octanol–water partition coefficient (Wildman–Crippen LogP) is 4.98. The molecule has 2 aliphatic rings. The molecule has 1 heterocycles. The summed E-state index contributed by atoms with van der Waals surface area (Å²) in [5, 5.41) is 13.1. The summed E-state index contributed by atoms with van der Waals surface area (Å²) in [6.07, 6.45) is 8.22. The van der Waals surface area contributed by atoms with Gasteiger partial charge >= 0.3 is 0 Å². The van der Waals surface area contributed by atoms with E-state index in [2.05, 4.69) is 64.7 Å². The molecule has 7 N–H and O–H groups in total. The van der Waals surface area contributed by atoms with Gasteiger partial charge in [-0.3, -0.25) is 28.8 Å². The van der Waals surface area contributed by atoms with E-state index in [9.17, 15) is 28.8 Å². The Kier molecular flexibility index (Phi) is 24.6. The number of hydrogen-bond acceptors (Lipinski definition) is 7. The molecule has 4 rings (SSSR count). The Bertz CT molecular complexity index is 1420. The van der Waals surface area contributed by atoms with Gasteiger partial charge in [0.15, 0.2) is 5.78 Å². The van der Waals surface area contributed by atoms with Gasteiger partial charge in [-0.1, -0.05) is 90.8 Å². The van der Waals surface area contributed by atoms with Crippen LogP contribution in [0.3, 0.4) is 0 Å². The fraction of sp³-hybridized carbons (Fsp3) is 0.571. The molecule has 2 fully saturated rings. The highest BCUT2D eigenvalue weighted by molar-refractivity contribution is 5.98. The molecule has 0 bridgehead atoms. The highest BCUT2D eigenvalue weighted by Gasteiger charge is 2.35. The molecule has 1 saturated heterocycles. The molecule has 300 valence electrons. The number of nitrogens with two attached hydrogens (primary N) is 1. The molecular weight excluding hydrogens is 684 g/mol. The third-order valence-corrected chi connectivity index (χ3v) is 8.61. The van der Waals surface area contributed by atoms with Crippen molar-refractivity contribution in [2.45, 2.75) is 124 Å². The Morgan fingerprint density at radius 1 is 0.778 bits per heavy atom. The minimum Gasteiger partial charge on any atom is -0.356 e. The summed E-state index contributed by atoms with van der Waals surface area (Å²) in [6.45, 7) is 12.7. The minimum absolute atomic E-state index is 0.00279. The van der Waals surface area contributed by atoms with E-state index in [1.54, 1.807) is 12.1 Å². The lowest BCUT2D eigenvalue weighted by Gasteiger charge is -2.21. The molecule has 0 radical (unpaired) electrons. The van der Waals surface area contributed by atoms with Crippen LogP contribution in [0.1, 0.15) is 122 Å². The standard InChI is InChI=1S/C34H43N5O6.C4H11N.2C2H6/c1-2-3-5-22-7-9-23(10-8-22)24-11-15-26(16-12-24)33(44)36-20-31(42)39-28-17-18-29(40)35-19-4-6-27(32(43)25-13-14-25)38-30(41)21-37-34(28)45;1-2-3-4-5;2*1-2/h7-12,15-16,25,27-28H,2-6,13-14,17-21H2,1H3,(H,35,40)(H,36,44)(H,37,45)(H,38,41)(H,39,42);2-5H2,1H3;2*1-2H3. The lowest BCUT2D eigenvalue weighted by atomic mass is 10.0. The fourth-order valence-corrected chi connectivity index (χ4v) is 5.41. The zero-order chi connectivity index (χ0) is 40.3. The summed E-state index contributed by atoms with van der Waals surface area (Å²) >= 11 is 0. The molecule has 2 aromatic carbocycles. The summed E-state index contributed by atoms with van der Waals surface area (Å²) in [7, 11) is 0. The lowest BCUT2D eigenvalue weighted by Crippen LogP contribution is -2.52. The van der Waals surface area contributed by atoms with Crippen LogP contribution < -0.4 is 32.3 Å². The normalized spacial score (nSPS) is 17.4. The number of Topliss-reactive ketones (excluding diaryl/α,β-unsaturated/α-hetero) is 1. The van der Waals surface area contributed by atoms with Gasteiger partial charge in [-0.05, 0) is 86.7 Å². The lowest BCUT2D eigenvalue weighted by molar-refractivity contribution is -0.132. The molecule has 1 saturated carbocycles. The Morgan fingerprint density at radius 2 is 1.39 bits per heavy atom. The van der Waals surface area contributed by atoms with Crippen LogP contribution in [-0.2, 0) is 30.4 Å². The largest absolute Gasteiger partial charge is 0.356 e. The fourth-order valence-electron chi connectivity index (χ4n) is 5.41. The van der Waals surface area contributed by atoms with Gasteiger partial charge in [-0.25, -0.2) is 0 Å². The predicted molar refractivity (Wildman–Crippen MR) is 216 cm³/mol. The highest BCUT2D eigenvalue weighted by atomic mass is 16.2. The molecule has 2 aromatic rings. The number of hydrogen-bond donors (Lipinski definition) is 6. The van der Waals surface area contributed by atoms with Gasteiger partial charge < -0.3 is 32.3 Å². The van der Waals surface area contributed by atoms with Crippen molar-refractivity contribution in [2.24, 2.45) is 11.7 Å². The van der Waals surface area contributed by atoms with Crippen molar-refractivity contribution in [3.05, 3.63) is 59.7 Å². The van der Waals surface area contributed by atoms with Crippen molar-refractivity contribution in [1.82, 2.24) is 26.6 Å². The average molecular weight is 751 g/mol. The van der Waals surface area contributed by atoms with E-state index in [0.717, 1.165) is 49.8 Å². The van der Waals surface area contributed by atoms with Crippen LogP contribution in [0, 0.1) is 5.92 Å². The van der Waals surface area contributed by atoms with Crippen LogP contribution in [0.25, 0.3) is 11.1 Å². The Hall–Kier alpha value is -4.58. The number of unbranched alkanes of at least 4 members (excludes halogenated alkanes) is 2.